The molecule has 1 aromatic carbocycles. The topological polar surface area (TPSA) is 20.3 Å². The zero-order valence-corrected chi connectivity index (χ0v) is 11.6. The molecule has 0 amide bonds. The normalized spacial score (nSPS) is 18.5. The fourth-order valence-electron chi connectivity index (χ4n) is 2.59. The van der Waals surface area contributed by atoms with E-state index in [0.29, 0.717) is 17.2 Å². The molecule has 0 bridgehead atoms. The summed E-state index contributed by atoms with van der Waals surface area (Å²) in [5, 5.41) is 0. The Labute approximate surface area is 113 Å². The van der Waals surface area contributed by atoms with Crippen LogP contribution < -0.4 is 4.90 Å². The quantitative estimate of drug-likeness (QED) is 0.753. The average molecular weight is 261 g/mol. The zero-order valence-electron chi connectivity index (χ0n) is 11.6. The van der Waals surface area contributed by atoms with Crippen LogP contribution in [-0.2, 0) is 0 Å². The number of hydrogen-bond acceptors (Lipinski definition) is 2. The summed E-state index contributed by atoms with van der Waals surface area (Å²) in [5.74, 6) is 0.442. The van der Waals surface area contributed by atoms with Crippen molar-refractivity contribution in [2.24, 2.45) is 5.92 Å². The van der Waals surface area contributed by atoms with E-state index in [1.54, 1.807) is 6.92 Å². The fraction of sp³-hybridized carbons (Fsp3) is 0.562. The van der Waals surface area contributed by atoms with E-state index >= 15 is 0 Å². The molecule has 0 aromatic heterocycles. The highest BCUT2D eigenvalue weighted by Crippen LogP contribution is 2.39. The highest BCUT2D eigenvalue weighted by molar-refractivity contribution is 6.00. The van der Waals surface area contributed by atoms with Crippen molar-refractivity contribution in [1.82, 2.24) is 0 Å². The summed E-state index contributed by atoms with van der Waals surface area (Å²) in [4.78, 5) is 14.1. The van der Waals surface area contributed by atoms with Crippen LogP contribution in [0.25, 0.3) is 0 Å². The van der Waals surface area contributed by atoms with E-state index in [1.165, 1.54) is 38.7 Å². The van der Waals surface area contributed by atoms with Crippen LogP contribution in [0.5, 0.6) is 0 Å². The van der Waals surface area contributed by atoms with Gasteiger partial charge in [0.05, 0.1) is 0 Å². The third kappa shape index (κ3) is 2.65. The molecule has 0 saturated heterocycles. The third-order valence-corrected chi connectivity index (χ3v) is 4.11. The number of benzene rings is 1. The number of nitrogens with zero attached hydrogens (tertiary/aromatic N) is 1. The summed E-state index contributed by atoms with van der Waals surface area (Å²) in [7, 11) is 0. The predicted molar refractivity (Wildman–Crippen MR) is 74.2 cm³/mol. The summed E-state index contributed by atoms with van der Waals surface area (Å²) in [5.41, 5.74) is 2.11. The van der Waals surface area contributed by atoms with Crippen molar-refractivity contribution >= 4 is 11.5 Å². The molecular formula is C16H20FNO. The Balaban J connectivity index is 1.99. The van der Waals surface area contributed by atoms with Gasteiger partial charge in [-0.25, -0.2) is 4.39 Å². The van der Waals surface area contributed by atoms with Gasteiger partial charge in [-0.15, -0.1) is 0 Å². The van der Waals surface area contributed by atoms with Crippen LogP contribution in [-0.4, -0.2) is 18.4 Å². The lowest BCUT2D eigenvalue weighted by molar-refractivity contribution is 0.101. The van der Waals surface area contributed by atoms with Gasteiger partial charge in [0.1, 0.15) is 5.82 Å². The van der Waals surface area contributed by atoms with Gasteiger partial charge in [0, 0.05) is 23.8 Å². The van der Waals surface area contributed by atoms with Gasteiger partial charge in [-0.2, -0.15) is 0 Å². The highest BCUT2D eigenvalue weighted by Gasteiger charge is 2.35. The molecule has 102 valence electrons. The van der Waals surface area contributed by atoms with Crippen LogP contribution in [0, 0.1) is 18.7 Å². The van der Waals surface area contributed by atoms with Gasteiger partial charge in [-0.1, -0.05) is 0 Å². The van der Waals surface area contributed by atoms with Crippen molar-refractivity contribution in [2.75, 3.05) is 11.4 Å². The van der Waals surface area contributed by atoms with Gasteiger partial charge in [0.15, 0.2) is 5.78 Å². The minimum Gasteiger partial charge on any atom is -0.368 e. The Morgan fingerprint density at radius 3 is 2.53 bits per heavy atom. The van der Waals surface area contributed by atoms with Gasteiger partial charge in [0.2, 0.25) is 0 Å². The minimum absolute atomic E-state index is 0.0460. The van der Waals surface area contributed by atoms with Crippen molar-refractivity contribution in [2.45, 2.75) is 45.6 Å². The molecule has 0 unspecified atom stereocenters. The summed E-state index contributed by atoms with van der Waals surface area (Å²) < 4.78 is 13.7. The Kier molecular flexibility index (Phi) is 3.08. The van der Waals surface area contributed by atoms with Crippen LogP contribution in [0.15, 0.2) is 12.1 Å². The minimum atomic E-state index is -0.281. The lowest BCUT2D eigenvalue weighted by Crippen LogP contribution is -2.29. The van der Waals surface area contributed by atoms with Crippen molar-refractivity contribution < 1.29 is 9.18 Å². The maximum atomic E-state index is 13.7. The van der Waals surface area contributed by atoms with Crippen LogP contribution in [0.1, 0.15) is 48.5 Å². The molecule has 0 heterocycles. The first-order valence-electron chi connectivity index (χ1n) is 7.14. The van der Waals surface area contributed by atoms with Crippen molar-refractivity contribution in [3.05, 3.63) is 29.1 Å². The first-order chi connectivity index (χ1) is 9.06. The monoisotopic (exact) mass is 261 g/mol. The van der Waals surface area contributed by atoms with Crippen LogP contribution in [0.4, 0.5) is 10.1 Å². The predicted octanol–water partition coefficient (Wildman–Crippen LogP) is 3.72. The second-order valence-electron chi connectivity index (χ2n) is 6.00. The Bertz CT molecular complexity index is 518. The molecule has 1 aromatic rings. The number of halogens is 1. The summed E-state index contributed by atoms with van der Waals surface area (Å²) in [6, 6.07) is 3.82. The van der Waals surface area contributed by atoms with E-state index in [4.69, 9.17) is 0 Å². The fourth-order valence-corrected chi connectivity index (χ4v) is 2.59. The molecule has 0 radical (unpaired) electrons. The van der Waals surface area contributed by atoms with Crippen LogP contribution in [0.2, 0.25) is 0 Å². The maximum absolute atomic E-state index is 13.7. The van der Waals surface area contributed by atoms with Crippen molar-refractivity contribution in [1.29, 1.82) is 0 Å². The molecule has 0 N–H and O–H groups in total. The number of carbonyl (C=O) groups is 1. The van der Waals surface area contributed by atoms with Crippen molar-refractivity contribution in [3.8, 4) is 0 Å². The van der Waals surface area contributed by atoms with Crippen LogP contribution >= 0.6 is 0 Å². The zero-order chi connectivity index (χ0) is 13.6. The molecule has 2 saturated carbocycles. The van der Waals surface area contributed by atoms with Gasteiger partial charge < -0.3 is 4.90 Å². The molecule has 0 spiro atoms. The van der Waals surface area contributed by atoms with E-state index in [9.17, 15) is 9.18 Å². The van der Waals surface area contributed by atoms with Crippen molar-refractivity contribution in [3.63, 3.8) is 0 Å². The Morgan fingerprint density at radius 1 is 1.32 bits per heavy atom. The molecular weight excluding hydrogens is 241 g/mol. The molecule has 3 rings (SSSR count). The number of carbonyl (C=O) groups excluding carboxylic acids is 1. The molecule has 2 aliphatic rings. The Morgan fingerprint density at radius 2 is 2.00 bits per heavy atom. The number of hydrogen-bond donors (Lipinski definition) is 0. The summed E-state index contributed by atoms with van der Waals surface area (Å²) in [6.45, 7) is 4.32. The molecule has 2 fully saturated rings. The average Bonchev–Trinajstić information content (AvgIpc) is 3.23. The largest absolute Gasteiger partial charge is 0.368 e. The maximum Gasteiger partial charge on any atom is 0.161 e. The van der Waals surface area contributed by atoms with Crippen LogP contribution in [0.3, 0.4) is 0 Å². The van der Waals surface area contributed by atoms with Gasteiger partial charge in [-0.05, 0) is 63.1 Å². The summed E-state index contributed by atoms with van der Waals surface area (Å²) >= 11 is 0. The number of anilines is 1. The van der Waals surface area contributed by atoms with E-state index in [1.807, 2.05) is 6.07 Å². The smallest absolute Gasteiger partial charge is 0.161 e. The van der Waals surface area contributed by atoms with E-state index < -0.39 is 0 Å². The molecule has 19 heavy (non-hydrogen) atoms. The molecule has 3 heteroatoms. The number of aryl methyl sites for hydroxylation is 1. The van der Waals surface area contributed by atoms with E-state index in [2.05, 4.69) is 4.90 Å². The van der Waals surface area contributed by atoms with Gasteiger partial charge >= 0.3 is 0 Å². The molecule has 0 aliphatic heterocycles. The molecule has 0 atom stereocenters. The third-order valence-electron chi connectivity index (χ3n) is 4.11. The number of rotatable bonds is 5. The second-order valence-corrected chi connectivity index (χ2v) is 6.00. The number of ketones is 1. The SMILES string of the molecule is CC(=O)c1cc(F)c(C)cc1N(CC1CC1)C1CC1. The van der Waals surface area contributed by atoms with Gasteiger partial charge in [-0.3, -0.25) is 4.79 Å². The lowest BCUT2D eigenvalue weighted by atomic mass is 10.0. The second kappa shape index (κ2) is 4.62. The first kappa shape index (κ1) is 12.6. The van der Waals surface area contributed by atoms with E-state index in [0.717, 1.165) is 18.2 Å². The Hall–Kier alpha value is -1.38. The standard InChI is InChI=1S/C16H20FNO/c1-10-7-16(14(11(2)19)8-15(10)17)18(13-5-6-13)9-12-3-4-12/h7-8,12-13H,3-6,9H2,1-2H3. The highest BCUT2D eigenvalue weighted by atomic mass is 19.1. The van der Waals surface area contributed by atoms with E-state index in [-0.39, 0.29) is 11.6 Å². The molecule has 2 nitrogen and oxygen atoms in total. The summed E-state index contributed by atoms with van der Waals surface area (Å²) in [6.07, 6.45) is 4.97. The number of Topliss-reactive ketones (excluding diaryl/α,β-unsaturated/α-hetero) is 1. The lowest BCUT2D eigenvalue weighted by Gasteiger charge is -2.27. The first-order valence-corrected chi connectivity index (χ1v) is 7.14. The molecule has 2 aliphatic carbocycles. The van der Waals surface area contributed by atoms with Gasteiger partial charge in [0.25, 0.3) is 0 Å².